The van der Waals surface area contributed by atoms with E-state index < -0.39 is 0 Å². The van der Waals surface area contributed by atoms with Crippen LogP contribution in [0.15, 0.2) is 0 Å². The van der Waals surface area contributed by atoms with Crippen molar-refractivity contribution in [3.63, 3.8) is 0 Å². The van der Waals surface area contributed by atoms with E-state index in [1.807, 2.05) is 0 Å². The maximum Gasteiger partial charge on any atom is 0.0285 e. The summed E-state index contributed by atoms with van der Waals surface area (Å²) in [5, 5.41) is 3.60. The molecule has 2 aliphatic rings. The van der Waals surface area contributed by atoms with Crippen LogP contribution in [0.4, 0.5) is 0 Å². The van der Waals surface area contributed by atoms with Crippen LogP contribution in [0.2, 0.25) is 0 Å². The average molecular weight is 215 g/mol. The highest BCUT2D eigenvalue weighted by Gasteiger charge is 2.19. The number of likely N-dealkylation sites (N-methyl/N-ethyl adjacent to an activating group) is 1. The van der Waals surface area contributed by atoms with Crippen molar-refractivity contribution in [3.05, 3.63) is 0 Å². The van der Waals surface area contributed by atoms with Gasteiger partial charge in [-0.25, -0.2) is 0 Å². The van der Waals surface area contributed by atoms with Crippen LogP contribution in [0, 0.1) is 0 Å². The second-order valence-corrected chi connectivity index (χ2v) is 5.48. The van der Waals surface area contributed by atoms with Crippen LogP contribution in [-0.2, 0) is 0 Å². The summed E-state index contributed by atoms with van der Waals surface area (Å²) in [5.74, 6) is 2.59. The molecule has 14 heavy (non-hydrogen) atoms. The number of piperazine rings is 1. The summed E-state index contributed by atoms with van der Waals surface area (Å²) in [5.41, 5.74) is 0. The minimum Gasteiger partial charge on any atom is -0.311 e. The molecule has 2 heterocycles. The SMILES string of the molecule is CN1CCN(CC2CSCCN2)CC1. The van der Waals surface area contributed by atoms with Crippen LogP contribution < -0.4 is 5.32 Å². The molecule has 0 bridgehead atoms. The number of hydrogen-bond acceptors (Lipinski definition) is 4. The molecule has 82 valence electrons. The highest BCUT2D eigenvalue weighted by molar-refractivity contribution is 7.99. The maximum atomic E-state index is 3.60. The van der Waals surface area contributed by atoms with Gasteiger partial charge in [-0.2, -0.15) is 11.8 Å². The van der Waals surface area contributed by atoms with Crippen LogP contribution in [0.5, 0.6) is 0 Å². The van der Waals surface area contributed by atoms with Crippen molar-refractivity contribution >= 4 is 11.8 Å². The fraction of sp³-hybridized carbons (Fsp3) is 1.00. The first kappa shape index (κ1) is 10.7. The quantitative estimate of drug-likeness (QED) is 0.695. The fourth-order valence-electron chi connectivity index (χ4n) is 2.08. The Hall–Kier alpha value is 0.230. The van der Waals surface area contributed by atoms with Gasteiger partial charge in [-0.05, 0) is 7.05 Å². The molecule has 0 aromatic carbocycles. The normalized spacial score (nSPS) is 31.9. The maximum absolute atomic E-state index is 3.60. The van der Waals surface area contributed by atoms with Gasteiger partial charge in [0.05, 0.1) is 0 Å². The third-order valence-electron chi connectivity index (χ3n) is 3.07. The Kier molecular flexibility index (Phi) is 4.10. The van der Waals surface area contributed by atoms with E-state index in [1.165, 1.54) is 50.8 Å². The van der Waals surface area contributed by atoms with Gasteiger partial charge in [0.1, 0.15) is 0 Å². The Bertz CT molecular complexity index is 163. The molecule has 2 rings (SSSR count). The van der Waals surface area contributed by atoms with Gasteiger partial charge in [-0.15, -0.1) is 0 Å². The molecule has 2 aliphatic heterocycles. The van der Waals surface area contributed by atoms with E-state index in [-0.39, 0.29) is 0 Å². The van der Waals surface area contributed by atoms with Crippen LogP contribution in [-0.4, -0.2) is 73.7 Å². The van der Waals surface area contributed by atoms with Crippen LogP contribution >= 0.6 is 11.8 Å². The third-order valence-corrected chi connectivity index (χ3v) is 4.20. The first-order valence-electron chi connectivity index (χ1n) is 5.56. The molecule has 0 aromatic rings. The molecule has 0 saturated carbocycles. The number of rotatable bonds is 2. The van der Waals surface area contributed by atoms with E-state index in [0.29, 0.717) is 0 Å². The summed E-state index contributed by atoms with van der Waals surface area (Å²) >= 11 is 2.09. The Morgan fingerprint density at radius 1 is 1.29 bits per heavy atom. The van der Waals surface area contributed by atoms with E-state index in [9.17, 15) is 0 Å². The summed E-state index contributed by atoms with van der Waals surface area (Å²) in [4.78, 5) is 5.02. The summed E-state index contributed by atoms with van der Waals surface area (Å²) in [6, 6.07) is 0.733. The van der Waals surface area contributed by atoms with E-state index in [2.05, 4.69) is 33.9 Å². The molecule has 4 heteroatoms. The number of thioether (sulfide) groups is 1. The standard InChI is InChI=1S/C10H21N3S/c1-12-3-5-13(6-4-12)8-10-9-14-7-2-11-10/h10-11H,2-9H2,1H3. The monoisotopic (exact) mass is 215 g/mol. The number of nitrogens with zero attached hydrogens (tertiary/aromatic N) is 2. The molecule has 1 N–H and O–H groups in total. The molecule has 0 amide bonds. The zero-order valence-electron chi connectivity index (χ0n) is 9.04. The summed E-state index contributed by atoms with van der Waals surface area (Å²) < 4.78 is 0. The molecular formula is C10H21N3S. The van der Waals surface area contributed by atoms with Gasteiger partial charge in [-0.3, -0.25) is 4.90 Å². The summed E-state index contributed by atoms with van der Waals surface area (Å²) in [6.45, 7) is 7.42. The summed E-state index contributed by atoms with van der Waals surface area (Å²) in [7, 11) is 2.21. The molecule has 2 saturated heterocycles. The number of hydrogen-bond donors (Lipinski definition) is 1. The smallest absolute Gasteiger partial charge is 0.0285 e. The topological polar surface area (TPSA) is 18.5 Å². The van der Waals surface area contributed by atoms with Crippen molar-refractivity contribution < 1.29 is 0 Å². The molecule has 0 radical (unpaired) electrons. The van der Waals surface area contributed by atoms with Crippen molar-refractivity contribution in [2.75, 3.05) is 57.8 Å². The van der Waals surface area contributed by atoms with Crippen molar-refractivity contribution in [2.24, 2.45) is 0 Å². The first-order chi connectivity index (χ1) is 6.84. The van der Waals surface area contributed by atoms with Crippen molar-refractivity contribution in [1.29, 1.82) is 0 Å². The minimum absolute atomic E-state index is 0.733. The first-order valence-corrected chi connectivity index (χ1v) is 6.72. The van der Waals surface area contributed by atoms with E-state index in [4.69, 9.17) is 0 Å². The van der Waals surface area contributed by atoms with Gasteiger partial charge >= 0.3 is 0 Å². The molecule has 2 fully saturated rings. The van der Waals surface area contributed by atoms with Gasteiger partial charge in [0, 0.05) is 56.8 Å². The molecule has 0 aromatic heterocycles. The lowest BCUT2D eigenvalue weighted by molar-refractivity contribution is 0.145. The van der Waals surface area contributed by atoms with Gasteiger partial charge in [0.25, 0.3) is 0 Å². The predicted octanol–water partition coefficient (Wildman–Crippen LogP) is -0.0612. The average Bonchev–Trinajstić information content (AvgIpc) is 2.23. The van der Waals surface area contributed by atoms with Gasteiger partial charge < -0.3 is 10.2 Å². The lowest BCUT2D eigenvalue weighted by Crippen LogP contribution is -2.51. The second-order valence-electron chi connectivity index (χ2n) is 4.33. The second kappa shape index (κ2) is 5.35. The molecule has 3 nitrogen and oxygen atoms in total. The highest BCUT2D eigenvalue weighted by Crippen LogP contribution is 2.09. The molecule has 0 aliphatic carbocycles. The zero-order valence-corrected chi connectivity index (χ0v) is 9.85. The fourth-order valence-corrected chi connectivity index (χ4v) is 3.02. The van der Waals surface area contributed by atoms with Gasteiger partial charge in [0.2, 0.25) is 0 Å². The lowest BCUT2D eigenvalue weighted by Gasteiger charge is -2.35. The Labute approximate surface area is 91.2 Å². The van der Waals surface area contributed by atoms with Crippen LogP contribution in [0.25, 0.3) is 0 Å². The Morgan fingerprint density at radius 2 is 2.07 bits per heavy atom. The third kappa shape index (κ3) is 3.12. The molecular weight excluding hydrogens is 194 g/mol. The van der Waals surface area contributed by atoms with E-state index in [0.717, 1.165) is 6.04 Å². The lowest BCUT2D eigenvalue weighted by atomic mass is 10.2. The van der Waals surface area contributed by atoms with Crippen LogP contribution in [0.1, 0.15) is 0 Å². The zero-order chi connectivity index (χ0) is 9.80. The molecule has 1 atom stereocenters. The highest BCUT2D eigenvalue weighted by atomic mass is 32.2. The van der Waals surface area contributed by atoms with Crippen LogP contribution in [0.3, 0.4) is 0 Å². The molecule has 0 spiro atoms. The van der Waals surface area contributed by atoms with Crippen molar-refractivity contribution in [2.45, 2.75) is 6.04 Å². The largest absolute Gasteiger partial charge is 0.311 e. The van der Waals surface area contributed by atoms with Crippen molar-refractivity contribution in [1.82, 2.24) is 15.1 Å². The Morgan fingerprint density at radius 3 is 2.71 bits per heavy atom. The van der Waals surface area contributed by atoms with Gasteiger partial charge in [-0.1, -0.05) is 0 Å². The van der Waals surface area contributed by atoms with Crippen molar-refractivity contribution in [3.8, 4) is 0 Å². The van der Waals surface area contributed by atoms with Gasteiger partial charge in [0.15, 0.2) is 0 Å². The molecule has 1 unspecified atom stereocenters. The number of nitrogens with one attached hydrogen (secondary N) is 1. The van der Waals surface area contributed by atoms with E-state index in [1.54, 1.807) is 0 Å². The predicted molar refractivity (Wildman–Crippen MR) is 63.1 cm³/mol. The van der Waals surface area contributed by atoms with E-state index >= 15 is 0 Å². The summed E-state index contributed by atoms with van der Waals surface area (Å²) in [6.07, 6.45) is 0. The Balaban J connectivity index is 1.68. The minimum atomic E-state index is 0.733.